The summed E-state index contributed by atoms with van der Waals surface area (Å²) in [5, 5.41) is 3.25. The topological polar surface area (TPSA) is 52.5 Å². The van der Waals surface area contributed by atoms with Crippen molar-refractivity contribution in [1.82, 2.24) is 4.57 Å². The van der Waals surface area contributed by atoms with E-state index >= 15 is 0 Å². The van der Waals surface area contributed by atoms with Crippen molar-refractivity contribution in [2.45, 2.75) is 0 Å². The highest BCUT2D eigenvalue weighted by Gasteiger charge is 2.14. The molecule has 0 unspecified atom stereocenters. The maximum absolute atomic E-state index is 12.6. The van der Waals surface area contributed by atoms with Gasteiger partial charge in [-0.1, -0.05) is 17.7 Å². The van der Waals surface area contributed by atoms with E-state index in [0.29, 0.717) is 27.8 Å². The Morgan fingerprint density at radius 1 is 1.00 bits per heavy atom. The van der Waals surface area contributed by atoms with Crippen molar-refractivity contribution in [3.05, 3.63) is 71.5 Å². The van der Waals surface area contributed by atoms with Crippen molar-refractivity contribution in [3.8, 4) is 17.2 Å². The lowest BCUT2D eigenvalue weighted by Crippen LogP contribution is -2.13. The van der Waals surface area contributed by atoms with Crippen molar-refractivity contribution < 1.29 is 14.3 Å². The number of ether oxygens (including phenoxy) is 2. The van der Waals surface area contributed by atoms with Gasteiger partial charge in [-0.05, 0) is 30.3 Å². The first kappa shape index (κ1) is 16.9. The van der Waals surface area contributed by atoms with E-state index < -0.39 is 0 Å². The van der Waals surface area contributed by atoms with Crippen LogP contribution in [0.3, 0.4) is 0 Å². The van der Waals surface area contributed by atoms with Crippen LogP contribution in [0.2, 0.25) is 5.02 Å². The fourth-order valence-corrected chi connectivity index (χ4v) is 2.70. The average Bonchev–Trinajstić information content (AvgIpc) is 3.17. The number of hydrogen-bond acceptors (Lipinski definition) is 3. The fraction of sp³-hybridized carbons (Fsp3) is 0.105. The Bertz CT molecular complexity index is 892. The first-order valence-electron chi connectivity index (χ1n) is 7.58. The van der Waals surface area contributed by atoms with Gasteiger partial charge in [0.25, 0.3) is 5.91 Å². The lowest BCUT2D eigenvalue weighted by atomic mass is 10.1. The number of aromatic nitrogens is 1. The number of anilines is 1. The summed E-state index contributed by atoms with van der Waals surface area (Å²) in [6, 6.07) is 14.4. The lowest BCUT2D eigenvalue weighted by Gasteiger charge is -2.13. The minimum atomic E-state index is -0.253. The zero-order valence-electron chi connectivity index (χ0n) is 13.8. The van der Waals surface area contributed by atoms with E-state index in [0.717, 1.165) is 5.69 Å². The number of amides is 1. The van der Waals surface area contributed by atoms with Gasteiger partial charge in [0, 0.05) is 35.8 Å². The second-order valence-corrected chi connectivity index (χ2v) is 5.69. The highest BCUT2D eigenvalue weighted by atomic mass is 35.5. The fourth-order valence-electron chi connectivity index (χ4n) is 2.47. The molecule has 2 aromatic carbocycles. The largest absolute Gasteiger partial charge is 0.495 e. The van der Waals surface area contributed by atoms with Crippen molar-refractivity contribution >= 4 is 23.2 Å². The number of nitrogens with zero attached hydrogens (tertiary/aromatic N) is 1. The predicted octanol–water partition coefficient (Wildman–Crippen LogP) is 4.40. The third kappa shape index (κ3) is 3.61. The Labute approximate surface area is 150 Å². The van der Waals surface area contributed by atoms with Crippen LogP contribution < -0.4 is 14.8 Å². The van der Waals surface area contributed by atoms with Gasteiger partial charge in [0.2, 0.25) is 0 Å². The number of nitrogens with one attached hydrogen (secondary N) is 1. The van der Waals surface area contributed by atoms with Gasteiger partial charge < -0.3 is 19.4 Å². The number of carbonyl (C=O) groups is 1. The molecular formula is C19H17ClN2O3. The van der Waals surface area contributed by atoms with Gasteiger partial charge >= 0.3 is 0 Å². The van der Waals surface area contributed by atoms with Crippen LogP contribution in [-0.2, 0) is 0 Å². The van der Waals surface area contributed by atoms with Crippen LogP contribution in [0.5, 0.6) is 11.5 Å². The summed E-state index contributed by atoms with van der Waals surface area (Å²) in [4.78, 5) is 12.6. The van der Waals surface area contributed by atoms with E-state index in [9.17, 15) is 4.79 Å². The smallest absolute Gasteiger partial charge is 0.255 e. The molecule has 1 N–H and O–H groups in total. The normalized spacial score (nSPS) is 10.4. The molecule has 3 rings (SSSR count). The molecule has 1 aromatic heterocycles. The SMILES string of the molecule is COc1cc(NC(=O)c2cccc(-n3cccc3)c2)c(OC)cc1Cl. The summed E-state index contributed by atoms with van der Waals surface area (Å²) in [5.41, 5.74) is 1.92. The molecule has 0 aliphatic carbocycles. The van der Waals surface area contributed by atoms with E-state index in [1.165, 1.54) is 14.2 Å². The minimum absolute atomic E-state index is 0.253. The molecule has 25 heavy (non-hydrogen) atoms. The van der Waals surface area contributed by atoms with Crippen molar-refractivity contribution in [3.63, 3.8) is 0 Å². The number of methoxy groups -OCH3 is 2. The molecule has 3 aromatic rings. The van der Waals surface area contributed by atoms with Crippen LogP contribution >= 0.6 is 11.6 Å². The van der Waals surface area contributed by atoms with Crippen molar-refractivity contribution in [2.75, 3.05) is 19.5 Å². The Balaban J connectivity index is 1.89. The molecule has 128 valence electrons. The number of carbonyl (C=O) groups excluding carboxylic acids is 1. The summed E-state index contributed by atoms with van der Waals surface area (Å²) in [6.45, 7) is 0. The molecule has 0 saturated carbocycles. The minimum Gasteiger partial charge on any atom is -0.495 e. The van der Waals surface area contributed by atoms with Crippen LogP contribution in [-0.4, -0.2) is 24.7 Å². The van der Waals surface area contributed by atoms with Gasteiger partial charge in [-0.15, -0.1) is 0 Å². The summed E-state index contributed by atoms with van der Waals surface area (Å²) in [6.07, 6.45) is 3.84. The molecule has 0 radical (unpaired) electrons. The van der Waals surface area contributed by atoms with Crippen LogP contribution in [0.15, 0.2) is 60.9 Å². The molecule has 0 atom stereocenters. The maximum Gasteiger partial charge on any atom is 0.255 e. The molecule has 1 heterocycles. The molecule has 0 aliphatic heterocycles. The van der Waals surface area contributed by atoms with E-state index in [4.69, 9.17) is 21.1 Å². The number of rotatable bonds is 5. The highest BCUT2D eigenvalue weighted by molar-refractivity contribution is 6.32. The Morgan fingerprint density at radius 3 is 2.40 bits per heavy atom. The first-order chi connectivity index (χ1) is 12.1. The maximum atomic E-state index is 12.6. The summed E-state index contributed by atoms with van der Waals surface area (Å²) >= 11 is 6.09. The third-order valence-corrected chi connectivity index (χ3v) is 4.03. The highest BCUT2D eigenvalue weighted by Crippen LogP contribution is 2.36. The van der Waals surface area contributed by atoms with Crippen molar-refractivity contribution in [2.24, 2.45) is 0 Å². The Kier molecular flexibility index (Phi) is 4.95. The molecule has 0 fully saturated rings. The van der Waals surface area contributed by atoms with Gasteiger partial charge in [0.15, 0.2) is 0 Å². The van der Waals surface area contributed by atoms with E-state index in [1.54, 1.807) is 18.2 Å². The second-order valence-electron chi connectivity index (χ2n) is 5.28. The van der Waals surface area contributed by atoms with Gasteiger partial charge in [-0.3, -0.25) is 4.79 Å². The van der Waals surface area contributed by atoms with Crippen LogP contribution in [0, 0.1) is 0 Å². The van der Waals surface area contributed by atoms with Crippen LogP contribution in [0.4, 0.5) is 5.69 Å². The molecule has 0 saturated heterocycles. The first-order valence-corrected chi connectivity index (χ1v) is 7.96. The molecule has 5 nitrogen and oxygen atoms in total. The van der Waals surface area contributed by atoms with Gasteiger partial charge in [-0.25, -0.2) is 0 Å². The van der Waals surface area contributed by atoms with Gasteiger partial charge in [0.1, 0.15) is 11.5 Å². The average molecular weight is 357 g/mol. The van der Waals surface area contributed by atoms with Gasteiger partial charge in [-0.2, -0.15) is 0 Å². The van der Waals surface area contributed by atoms with E-state index in [-0.39, 0.29) is 5.91 Å². The summed E-state index contributed by atoms with van der Waals surface area (Å²) < 4.78 is 12.4. The number of benzene rings is 2. The van der Waals surface area contributed by atoms with Crippen LogP contribution in [0.1, 0.15) is 10.4 Å². The molecule has 6 heteroatoms. The lowest BCUT2D eigenvalue weighted by molar-refractivity contribution is 0.102. The quantitative estimate of drug-likeness (QED) is 0.737. The monoisotopic (exact) mass is 356 g/mol. The standard InChI is InChI=1S/C19H17ClN2O3/c1-24-17-12-16(18(25-2)11-15(17)20)21-19(23)13-6-5-7-14(10-13)22-8-3-4-9-22/h3-12H,1-2H3,(H,21,23). The van der Waals surface area contributed by atoms with E-state index in [1.807, 2.05) is 47.3 Å². The zero-order valence-corrected chi connectivity index (χ0v) is 14.6. The zero-order chi connectivity index (χ0) is 17.8. The Morgan fingerprint density at radius 2 is 1.72 bits per heavy atom. The molecular weight excluding hydrogens is 340 g/mol. The van der Waals surface area contributed by atoms with E-state index in [2.05, 4.69) is 5.32 Å². The second kappa shape index (κ2) is 7.32. The molecule has 0 aliphatic rings. The number of halogens is 1. The molecule has 0 spiro atoms. The number of hydrogen-bond donors (Lipinski definition) is 1. The van der Waals surface area contributed by atoms with Crippen LogP contribution in [0.25, 0.3) is 5.69 Å². The summed E-state index contributed by atoms with van der Waals surface area (Å²) in [5.74, 6) is 0.663. The summed E-state index contributed by atoms with van der Waals surface area (Å²) in [7, 11) is 3.03. The molecule has 1 amide bonds. The van der Waals surface area contributed by atoms with Gasteiger partial charge in [0.05, 0.1) is 24.9 Å². The Hall–Kier alpha value is -2.92. The molecule has 0 bridgehead atoms. The third-order valence-electron chi connectivity index (χ3n) is 3.73. The predicted molar refractivity (Wildman–Crippen MR) is 98.3 cm³/mol. The van der Waals surface area contributed by atoms with Crippen molar-refractivity contribution in [1.29, 1.82) is 0 Å².